The Labute approximate surface area is 756 Å². The Morgan fingerprint density at radius 2 is 0.465 bits per heavy atom. The second kappa shape index (κ2) is 45.1. The van der Waals surface area contributed by atoms with E-state index in [9.17, 15) is 0 Å². The lowest BCUT2D eigenvalue weighted by Crippen LogP contribution is -2.48. The van der Waals surface area contributed by atoms with Crippen LogP contribution < -0.4 is 30.7 Å². The molecule has 0 aliphatic carbocycles. The largest absolute Gasteiger partial charge is 0.384 e. The van der Waals surface area contributed by atoms with Crippen LogP contribution in [0.5, 0.6) is 0 Å². The Balaban J connectivity index is 0.000000145. The van der Waals surface area contributed by atoms with E-state index in [1.165, 1.54) is 190 Å². The molecule has 656 valence electrons. The third-order valence-corrected chi connectivity index (χ3v) is 26.2. The molecular weight excluding hydrogens is 1560 g/mol. The average Bonchev–Trinajstić information content (AvgIpc) is 1.68. The van der Waals surface area contributed by atoms with Gasteiger partial charge in [0.2, 0.25) is 0 Å². The lowest BCUT2D eigenvalue weighted by Gasteiger charge is -2.35. The van der Waals surface area contributed by atoms with E-state index in [2.05, 4.69) is 363 Å². The van der Waals surface area contributed by atoms with Gasteiger partial charge in [0.1, 0.15) is 0 Å². The molecule has 12 aromatic carbocycles. The first kappa shape index (κ1) is 90.0. The molecule has 0 saturated carbocycles. The molecule has 5 aliphatic heterocycles. The van der Waals surface area contributed by atoms with Crippen LogP contribution in [0.3, 0.4) is 0 Å². The molecule has 8 heterocycles. The van der Waals surface area contributed by atoms with E-state index < -0.39 is 0 Å². The first-order valence-electron chi connectivity index (χ1n) is 46.1. The molecule has 15 aromatic rings. The number of aryl methyl sites for hydroxylation is 4. The summed E-state index contributed by atoms with van der Waals surface area (Å²) in [7, 11) is 0. The summed E-state index contributed by atoms with van der Waals surface area (Å²) < 4.78 is 0. The third-order valence-electron chi connectivity index (χ3n) is 26.2. The first-order chi connectivity index (χ1) is 61.5. The maximum absolute atomic E-state index is 4.86. The predicted octanol–water partition coefficient (Wildman–Crippen LogP) is 23.2. The second-order valence-electron chi connectivity index (χ2n) is 34.2. The number of nitrogens with zero attached hydrogens (tertiary/aromatic N) is 12. The summed E-state index contributed by atoms with van der Waals surface area (Å²) in [5, 5.41) is 18.5. The molecule has 0 radical (unpaired) electrons. The van der Waals surface area contributed by atoms with Crippen LogP contribution in [0.1, 0.15) is 83.1 Å². The van der Waals surface area contributed by atoms with Crippen molar-refractivity contribution in [2.75, 3.05) is 188 Å². The Kier molecular flexibility index (Phi) is 31.9. The Bertz CT molecular complexity index is 5660. The van der Waals surface area contributed by atoms with E-state index in [0.717, 1.165) is 170 Å². The van der Waals surface area contributed by atoms with Crippen molar-refractivity contribution in [3.05, 3.63) is 326 Å². The summed E-state index contributed by atoms with van der Waals surface area (Å²) in [5.41, 5.74) is 24.0. The topological polar surface area (TPSA) is 104 Å². The van der Waals surface area contributed by atoms with Gasteiger partial charge in [-0.2, -0.15) is 0 Å². The summed E-state index contributed by atoms with van der Waals surface area (Å²) in [6.07, 6.45) is 11.5. The molecule has 0 atom stereocenters. The van der Waals surface area contributed by atoms with Gasteiger partial charge in [-0.05, 0) is 204 Å². The zero-order valence-electron chi connectivity index (χ0n) is 72.3. The third kappa shape index (κ3) is 22.4. The molecule has 15 nitrogen and oxygen atoms in total. The standard InChI is InChI=1S/C38H43N5.C37H41N5.C34H37N5.3CH4/c1-7-18-36-30(12-1)20-21-31-13-2-8-19-37(31)43(36)25-11-24-42-28-26-41(27-29-42)23-10-9-22-39-38-32-14-3-5-16-34(32)40-35-17-6-4-15-33(35)38;1-7-17-35-29(11-1)19-20-30-12-2-8-18-36(30)42(35)24-10-23-41-27-25-40(26-28-41)22-9-21-38-37-31-13-3-5-15-33(31)39-34-16-6-4-14-32(34)37;1-3-12-28(13-4-1)39(29-14-5-2-6-15-29)22-11-21-37-24-26-38(27-25-37)23-20-35-34-30-16-7-9-18-32(30)36-33-19-10-8-17-31(33)34;;;/h1-8,12-19H,9-11,20-29H2,(H,39,40);1-8,11-18H,9-10,19-28H2,(H,38,39);1-10,12-19H,11,20-27H2,(H,35,36);3*1H4. The molecule has 127 heavy (non-hydrogen) atoms. The number of benzene rings is 12. The Morgan fingerprint density at radius 1 is 0.220 bits per heavy atom. The zero-order valence-corrected chi connectivity index (χ0v) is 72.3. The van der Waals surface area contributed by atoms with Crippen LogP contribution in [0.15, 0.2) is 303 Å². The Morgan fingerprint density at radius 3 is 0.787 bits per heavy atom. The van der Waals surface area contributed by atoms with Gasteiger partial charge in [-0.15, -0.1) is 0 Å². The van der Waals surface area contributed by atoms with Gasteiger partial charge < -0.3 is 55.1 Å². The molecule has 5 aliphatic rings. The lowest BCUT2D eigenvalue weighted by atomic mass is 10.0. The fourth-order valence-electron chi connectivity index (χ4n) is 19.5. The van der Waals surface area contributed by atoms with Crippen molar-refractivity contribution in [1.82, 2.24) is 44.4 Å². The van der Waals surface area contributed by atoms with Crippen molar-refractivity contribution in [2.24, 2.45) is 0 Å². The minimum atomic E-state index is 0. The number of rotatable bonds is 29. The monoisotopic (exact) mass is 1690 g/mol. The van der Waals surface area contributed by atoms with E-state index in [1.54, 1.807) is 0 Å². The fourth-order valence-corrected chi connectivity index (χ4v) is 19.5. The molecule has 0 spiro atoms. The number of hydrogen-bond acceptors (Lipinski definition) is 15. The summed E-state index contributed by atoms with van der Waals surface area (Å²) in [5.74, 6) is 0. The van der Waals surface area contributed by atoms with Crippen LogP contribution in [0.25, 0.3) is 65.4 Å². The number of anilines is 9. The number of fused-ring (bicyclic) bond motifs is 10. The molecular formula is C112H133N15. The number of piperazine rings is 3. The molecule has 3 saturated heterocycles. The lowest BCUT2D eigenvalue weighted by molar-refractivity contribution is 0.130. The van der Waals surface area contributed by atoms with Crippen molar-refractivity contribution in [1.29, 1.82) is 0 Å². The van der Waals surface area contributed by atoms with Crippen LogP contribution in [-0.4, -0.2) is 201 Å². The van der Waals surface area contributed by atoms with E-state index in [4.69, 9.17) is 15.0 Å². The molecule has 0 unspecified atom stereocenters. The van der Waals surface area contributed by atoms with Gasteiger partial charge >= 0.3 is 0 Å². The van der Waals surface area contributed by atoms with Gasteiger partial charge in [0.15, 0.2) is 0 Å². The van der Waals surface area contributed by atoms with Gasteiger partial charge in [0.25, 0.3) is 0 Å². The molecule has 3 fully saturated rings. The number of hydrogen-bond donors (Lipinski definition) is 3. The minimum Gasteiger partial charge on any atom is -0.384 e. The first-order valence-corrected chi connectivity index (χ1v) is 46.1. The number of unbranched alkanes of at least 4 members (excludes halogenated alkanes) is 1. The molecule has 0 amide bonds. The van der Waals surface area contributed by atoms with Crippen molar-refractivity contribution < 1.29 is 0 Å². The van der Waals surface area contributed by atoms with E-state index in [-0.39, 0.29) is 22.3 Å². The van der Waals surface area contributed by atoms with E-state index >= 15 is 0 Å². The molecule has 15 heteroatoms. The van der Waals surface area contributed by atoms with Crippen molar-refractivity contribution in [2.45, 2.75) is 86.5 Å². The normalized spacial score (nSPS) is 15.1. The van der Waals surface area contributed by atoms with Gasteiger partial charge in [0.05, 0.1) is 50.2 Å². The second-order valence-corrected chi connectivity index (χ2v) is 34.2. The highest BCUT2D eigenvalue weighted by atomic mass is 15.3. The maximum Gasteiger partial charge on any atom is 0.0730 e. The predicted molar refractivity (Wildman–Crippen MR) is 544 cm³/mol. The van der Waals surface area contributed by atoms with Gasteiger partial charge in [-0.1, -0.05) is 241 Å². The van der Waals surface area contributed by atoms with Gasteiger partial charge in [-0.3, -0.25) is 4.90 Å². The van der Waals surface area contributed by atoms with Crippen molar-refractivity contribution in [3.8, 4) is 0 Å². The fraction of sp³-hybridized carbons (Fsp3) is 0.330. The van der Waals surface area contributed by atoms with E-state index in [1.807, 2.05) is 0 Å². The number of para-hydroxylation sites is 12. The molecule has 3 aromatic heterocycles. The summed E-state index contributed by atoms with van der Waals surface area (Å²) >= 11 is 0. The smallest absolute Gasteiger partial charge is 0.0730 e. The van der Waals surface area contributed by atoms with Crippen LogP contribution in [0, 0.1) is 0 Å². The quantitative estimate of drug-likeness (QED) is 0.0306. The zero-order chi connectivity index (χ0) is 83.3. The number of aromatic nitrogens is 3. The van der Waals surface area contributed by atoms with Crippen LogP contribution in [-0.2, 0) is 25.7 Å². The molecule has 3 N–H and O–H groups in total. The molecule has 0 bridgehead atoms. The maximum atomic E-state index is 4.86. The van der Waals surface area contributed by atoms with Gasteiger partial charge in [0, 0.05) is 191 Å². The van der Waals surface area contributed by atoms with E-state index in [0.29, 0.717) is 0 Å². The van der Waals surface area contributed by atoms with Crippen molar-refractivity contribution in [3.63, 3.8) is 0 Å². The molecule has 20 rings (SSSR count). The van der Waals surface area contributed by atoms with Gasteiger partial charge in [-0.25, -0.2) is 15.0 Å². The summed E-state index contributed by atoms with van der Waals surface area (Å²) in [6.45, 7) is 26.8. The highest BCUT2D eigenvalue weighted by Gasteiger charge is 2.26. The number of nitrogens with one attached hydrogen (secondary N) is 3. The minimum absolute atomic E-state index is 0. The van der Waals surface area contributed by atoms with Crippen LogP contribution in [0.4, 0.5) is 51.2 Å². The highest BCUT2D eigenvalue weighted by molar-refractivity contribution is 6.09. The summed E-state index contributed by atoms with van der Waals surface area (Å²) in [4.78, 5) is 38.0. The Hall–Kier alpha value is -11.8. The highest BCUT2D eigenvalue weighted by Crippen LogP contribution is 2.40. The number of pyridine rings is 3. The average molecular weight is 1690 g/mol. The van der Waals surface area contributed by atoms with Crippen molar-refractivity contribution >= 4 is 117 Å². The van der Waals surface area contributed by atoms with Crippen LogP contribution in [0.2, 0.25) is 0 Å². The van der Waals surface area contributed by atoms with Crippen LogP contribution >= 0.6 is 0 Å². The summed E-state index contributed by atoms with van der Waals surface area (Å²) in [6, 6.07) is 108. The SMILES string of the molecule is C.C.C.c1ccc(N(CCCN2CCN(CCNc3c4ccccc4nc4ccccc34)CC2)c2ccccc2)cc1.c1ccc2c(c1)CCc1ccccc1N2CCCN1CCN(CCCCNc2c3ccccc3nc3ccccc23)CC1.c1ccc2c(c1)CCc1ccccc1N2CCCN1CCN(CCCNc2c3ccccc3nc3ccccc23)CC1.